The minimum absolute atomic E-state index is 0.256. The molecule has 1 aliphatic carbocycles. The highest BCUT2D eigenvalue weighted by Crippen LogP contribution is 2.46. The minimum Gasteiger partial charge on any atom is -0.462 e. The van der Waals surface area contributed by atoms with Gasteiger partial charge in [-0.1, -0.05) is 6.07 Å². The lowest BCUT2D eigenvalue weighted by Gasteiger charge is -2.09. The number of carbonyl (C=O) groups is 2. The highest BCUT2D eigenvalue weighted by molar-refractivity contribution is 7.15. The Bertz CT molecular complexity index is 796. The maximum atomic E-state index is 13.4. The lowest BCUT2D eigenvalue weighted by Crippen LogP contribution is -2.16. The number of anilines is 1. The molecule has 1 N–H and O–H groups in total. The van der Waals surface area contributed by atoms with Crippen LogP contribution >= 0.6 is 11.3 Å². The van der Waals surface area contributed by atoms with E-state index in [0.717, 1.165) is 18.4 Å². The standard InChI is InChI=1S/C18H18FNO3S/c1-3-23-18(22)15-14(11-5-6-11)9-24-17(15)20-16(21)13-8-12(19)7-4-10(13)2/h4,7-9,11H,3,5-6H2,1-2H3,(H,20,21). The number of nitrogens with one attached hydrogen (secondary N) is 1. The Balaban J connectivity index is 1.90. The van der Waals surface area contributed by atoms with E-state index < -0.39 is 17.7 Å². The summed E-state index contributed by atoms with van der Waals surface area (Å²) in [5, 5.41) is 5.11. The molecular weight excluding hydrogens is 329 g/mol. The van der Waals surface area contributed by atoms with Crippen molar-refractivity contribution >= 4 is 28.2 Å². The molecule has 126 valence electrons. The fraction of sp³-hybridized carbons (Fsp3) is 0.333. The van der Waals surface area contributed by atoms with Gasteiger partial charge in [-0.15, -0.1) is 11.3 Å². The molecule has 1 fully saturated rings. The fourth-order valence-electron chi connectivity index (χ4n) is 2.58. The van der Waals surface area contributed by atoms with E-state index in [4.69, 9.17) is 4.74 Å². The smallest absolute Gasteiger partial charge is 0.341 e. The van der Waals surface area contributed by atoms with Crippen molar-refractivity contribution in [2.75, 3.05) is 11.9 Å². The lowest BCUT2D eigenvalue weighted by molar-refractivity contribution is 0.0527. The summed E-state index contributed by atoms with van der Waals surface area (Å²) in [5.74, 6) is -0.961. The number of thiophene rings is 1. The zero-order valence-corrected chi connectivity index (χ0v) is 14.3. The summed E-state index contributed by atoms with van der Waals surface area (Å²) in [7, 11) is 0. The number of amides is 1. The van der Waals surface area contributed by atoms with Crippen LogP contribution < -0.4 is 5.32 Å². The second-order valence-electron chi connectivity index (χ2n) is 5.80. The molecule has 6 heteroatoms. The van der Waals surface area contributed by atoms with Gasteiger partial charge >= 0.3 is 5.97 Å². The number of hydrogen-bond acceptors (Lipinski definition) is 4. The second-order valence-corrected chi connectivity index (χ2v) is 6.68. The van der Waals surface area contributed by atoms with E-state index in [1.165, 1.54) is 23.5 Å². The van der Waals surface area contributed by atoms with Crippen molar-refractivity contribution in [3.63, 3.8) is 0 Å². The van der Waals surface area contributed by atoms with Gasteiger partial charge in [-0.05, 0) is 61.2 Å². The molecule has 1 amide bonds. The average molecular weight is 347 g/mol. The molecule has 1 heterocycles. The number of rotatable bonds is 5. The molecule has 0 radical (unpaired) electrons. The van der Waals surface area contributed by atoms with Crippen LogP contribution in [-0.2, 0) is 4.74 Å². The third-order valence-electron chi connectivity index (χ3n) is 3.99. The van der Waals surface area contributed by atoms with Crippen LogP contribution in [0.15, 0.2) is 23.6 Å². The maximum Gasteiger partial charge on any atom is 0.341 e. The summed E-state index contributed by atoms with van der Waals surface area (Å²) in [6, 6.07) is 4.07. The van der Waals surface area contributed by atoms with Crippen molar-refractivity contribution in [1.29, 1.82) is 0 Å². The molecule has 1 aliphatic rings. The van der Waals surface area contributed by atoms with Gasteiger partial charge in [0, 0.05) is 5.56 Å². The summed E-state index contributed by atoms with van der Waals surface area (Å²) >= 11 is 1.31. The molecule has 1 aromatic heterocycles. The lowest BCUT2D eigenvalue weighted by atomic mass is 10.1. The van der Waals surface area contributed by atoms with E-state index in [1.54, 1.807) is 19.9 Å². The number of ether oxygens (including phenoxy) is 1. The Labute approximate surface area is 143 Å². The van der Waals surface area contributed by atoms with Crippen LogP contribution in [0.4, 0.5) is 9.39 Å². The highest BCUT2D eigenvalue weighted by Gasteiger charge is 2.32. The first-order valence-corrected chi connectivity index (χ1v) is 8.75. The molecule has 2 aromatic rings. The Morgan fingerprint density at radius 2 is 2.12 bits per heavy atom. The fourth-order valence-corrected chi connectivity index (χ4v) is 3.61. The van der Waals surface area contributed by atoms with Crippen LogP contribution in [0.1, 0.15) is 57.5 Å². The van der Waals surface area contributed by atoms with Gasteiger partial charge in [0.05, 0.1) is 12.2 Å². The average Bonchev–Trinajstić information content (AvgIpc) is 3.31. The molecule has 24 heavy (non-hydrogen) atoms. The number of carbonyl (C=O) groups excluding carboxylic acids is 2. The van der Waals surface area contributed by atoms with Gasteiger partial charge in [0.1, 0.15) is 10.8 Å². The number of esters is 1. The van der Waals surface area contributed by atoms with Crippen molar-refractivity contribution in [2.24, 2.45) is 0 Å². The van der Waals surface area contributed by atoms with Crippen LogP contribution in [-0.4, -0.2) is 18.5 Å². The van der Waals surface area contributed by atoms with E-state index >= 15 is 0 Å². The molecule has 1 aromatic carbocycles. The summed E-state index contributed by atoms with van der Waals surface area (Å²) in [6.45, 7) is 3.76. The zero-order chi connectivity index (χ0) is 17.3. The van der Waals surface area contributed by atoms with Crippen molar-refractivity contribution in [1.82, 2.24) is 0 Å². The van der Waals surface area contributed by atoms with Crippen LogP contribution in [0.2, 0.25) is 0 Å². The minimum atomic E-state index is -0.471. The number of aryl methyl sites for hydroxylation is 1. The van der Waals surface area contributed by atoms with E-state index in [0.29, 0.717) is 22.0 Å². The molecule has 0 spiro atoms. The van der Waals surface area contributed by atoms with Gasteiger partial charge in [-0.3, -0.25) is 4.79 Å². The SMILES string of the molecule is CCOC(=O)c1c(C2CC2)csc1NC(=O)c1cc(F)ccc1C. The topological polar surface area (TPSA) is 55.4 Å². The molecule has 4 nitrogen and oxygen atoms in total. The van der Waals surface area contributed by atoms with E-state index in [-0.39, 0.29) is 12.2 Å². The van der Waals surface area contributed by atoms with Crippen molar-refractivity contribution in [3.05, 3.63) is 51.7 Å². The predicted molar refractivity (Wildman–Crippen MR) is 91.3 cm³/mol. The van der Waals surface area contributed by atoms with Crippen molar-refractivity contribution in [3.8, 4) is 0 Å². The first kappa shape index (κ1) is 16.6. The Hall–Kier alpha value is -2.21. The molecule has 0 bridgehead atoms. The summed E-state index contributed by atoms with van der Waals surface area (Å²) < 4.78 is 18.6. The van der Waals surface area contributed by atoms with Crippen LogP contribution in [0.3, 0.4) is 0 Å². The van der Waals surface area contributed by atoms with E-state index in [9.17, 15) is 14.0 Å². The van der Waals surface area contributed by atoms with Gasteiger partial charge in [0.2, 0.25) is 0 Å². The van der Waals surface area contributed by atoms with Gasteiger partial charge in [0.15, 0.2) is 0 Å². The molecule has 0 atom stereocenters. The Morgan fingerprint density at radius 3 is 2.79 bits per heavy atom. The Morgan fingerprint density at radius 1 is 1.38 bits per heavy atom. The first-order chi connectivity index (χ1) is 11.5. The summed E-state index contributed by atoms with van der Waals surface area (Å²) in [5.41, 5.74) is 2.30. The van der Waals surface area contributed by atoms with Crippen LogP contribution in [0.25, 0.3) is 0 Å². The Kier molecular flexibility index (Phi) is 4.66. The molecule has 0 aliphatic heterocycles. The highest BCUT2D eigenvalue weighted by atomic mass is 32.1. The number of halogens is 1. The molecule has 0 unspecified atom stereocenters. The molecule has 0 saturated heterocycles. The number of hydrogen-bond donors (Lipinski definition) is 1. The zero-order valence-electron chi connectivity index (χ0n) is 13.5. The normalized spacial score (nSPS) is 13.6. The largest absolute Gasteiger partial charge is 0.462 e. The second kappa shape index (κ2) is 6.73. The van der Waals surface area contributed by atoms with E-state index in [1.807, 2.05) is 5.38 Å². The molecular formula is C18H18FNO3S. The van der Waals surface area contributed by atoms with Gasteiger partial charge in [0.25, 0.3) is 5.91 Å². The van der Waals surface area contributed by atoms with Gasteiger partial charge in [-0.2, -0.15) is 0 Å². The first-order valence-electron chi connectivity index (χ1n) is 7.87. The quantitative estimate of drug-likeness (QED) is 0.810. The van der Waals surface area contributed by atoms with Gasteiger partial charge in [-0.25, -0.2) is 9.18 Å². The van der Waals surface area contributed by atoms with E-state index in [2.05, 4.69) is 5.32 Å². The third-order valence-corrected chi connectivity index (χ3v) is 4.90. The summed E-state index contributed by atoms with van der Waals surface area (Å²) in [4.78, 5) is 24.8. The predicted octanol–water partition coefficient (Wildman–Crippen LogP) is 4.50. The van der Waals surface area contributed by atoms with Crippen LogP contribution in [0.5, 0.6) is 0 Å². The monoisotopic (exact) mass is 347 g/mol. The third kappa shape index (κ3) is 3.33. The van der Waals surface area contributed by atoms with Crippen molar-refractivity contribution in [2.45, 2.75) is 32.6 Å². The summed E-state index contributed by atoms with van der Waals surface area (Å²) in [6.07, 6.45) is 2.08. The van der Waals surface area contributed by atoms with Gasteiger partial charge < -0.3 is 10.1 Å². The van der Waals surface area contributed by atoms with Crippen molar-refractivity contribution < 1.29 is 18.7 Å². The number of benzene rings is 1. The maximum absolute atomic E-state index is 13.4. The molecule has 1 saturated carbocycles. The van der Waals surface area contributed by atoms with Crippen LogP contribution in [0, 0.1) is 12.7 Å². The molecule has 3 rings (SSSR count).